The van der Waals surface area contributed by atoms with Crippen molar-refractivity contribution in [1.29, 1.82) is 0 Å². The molecule has 0 saturated carbocycles. The second-order valence-electron chi connectivity index (χ2n) is 7.43. The summed E-state index contributed by atoms with van der Waals surface area (Å²) in [7, 11) is 5.67. The Balaban J connectivity index is 0.00000320. The van der Waals surface area contributed by atoms with Gasteiger partial charge in [0.25, 0.3) is 5.91 Å². The van der Waals surface area contributed by atoms with Crippen LogP contribution in [0.4, 0.5) is 0 Å². The predicted molar refractivity (Wildman–Crippen MR) is 136 cm³/mol. The second-order valence-corrected chi connectivity index (χ2v) is 8.41. The minimum Gasteiger partial charge on any atom is -0.356 e. The molecule has 2 heterocycles. The van der Waals surface area contributed by atoms with Gasteiger partial charge >= 0.3 is 0 Å². The highest BCUT2D eigenvalue weighted by atomic mass is 127. The summed E-state index contributed by atoms with van der Waals surface area (Å²) in [6.07, 6.45) is 2.45. The van der Waals surface area contributed by atoms with E-state index in [1.54, 1.807) is 14.1 Å². The van der Waals surface area contributed by atoms with E-state index >= 15 is 0 Å². The zero-order chi connectivity index (χ0) is 20.6. The smallest absolute Gasteiger partial charge is 0.251 e. The summed E-state index contributed by atoms with van der Waals surface area (Å²) in [5.74, 6) is 1.29. The van der Waals surface area contributed by atoms with Gasteiger partial charge in [0.05, 0.1) is 0 Å². The molecule has 1 aromatic heterocycles. The summed E-state index contributed by atoms with van der Waals surface area (Å²) in [5.41, 5.74) is 1.77. The first-order valence-electron chi connectivity index (χ1n) is 10.1. The Morgan fingerprint density at radius 3 is 2.63 bits per heavy atom. The average Bonchev–Trinajstić information content (AvgIpc) is 3.28. The van der Waals surface area contributed by atoms with Gasteiger partial charge in [-0.2, -0.15) is 0 Å². The number of carbonyl (C=O) groups is 1. The van der Waals surface area contributed by atoms with Crippen molar-refractivity contribution in [3.63, 3.8) is 0 Å². The fourth-order valence-electron chi connectivity index (χ4n) is 3.93. The monoisotopic (exact) mass is 541 g/mol. The summed E-state index contributed by atoms with van der Waals surface area (Å²) in [6, 6.07) is 12.5. The van der Waals surface area contributed by atoms with Gasteiger partial charge in [0, 0.05) is 43.7 Å². The van der Waals surface area contributed by atoms with E-state index < -0.39 is 0 Å². The molecule has 1 fully saturated rings. The van der Waals surface area contributed by atoms with Crippen molar-refractivity contribution in [2.75, 3.05) is 34.2 Å². The molecule has 1 aromatic carbocycles. The van der Waals surface area contributed by atoms with E-state index in [0.29, 0.717) is 24.1 Å². The van der Waals surface area contributed by atoms with E-state index in [-0.39, 0.29) is 29.9 Å². The molecule has 30 heavy (non-hydrogen) atoms. The molecule has 1 aliphatic heterocycles. The summed E-state index contributed by atoms with van der Waals surface area (Å²) in [4.78, 5) is 19.9. The number of guanidine groups is 1. The molecule has 1 aliphatic rings. The summed E-state index contributed by atoms with van der Waals surface area (Å²) >= 11 is 1.85. The maximum atomic E-state index is 11.6. The number of aliphatic imine (C=N–C) groups is 1. The van der Waals surface area contributed by atoms with Gasteiger partial charge in [-0.1, -0.05) is 18.2 Å². The molecule has 0 bridgehead atoms. The quantitative estimate of drug-likeness (QED) is 0.298. The molecular formula is C22H32IN5OS. The number of benzene rings is 1. The van der Waals surface area contributed by atoms with E-state index in [1.807, 2.05) is 35.6 Å². The number of amides is 1. The first-order chi connectivity index (χ1) is 14.1. The van der Waals surface area contributed by atoms with Gasteiger partial charge in [-0.05, 0) is 61.5 Å². The van der Waals surface area contributed by atoms with Crippen LogP contribution in [-0.4, -0.2) is 51.0 Å². The minimum atomic E-state index is -0.0697. The van der Waals surface area contributed by atoms with Gasteiger partial charge in [0.2, 0.25) is 0 Å². The highest BCUT2D eigenvalue weighted by molar-refractivity contribution is 14.0. The molecule has 3 N–H and O–H groups in total. The second kappa shape index (κ2) is 12.3. The van der Waals surface area contributed by atoms with Crippen LogP contribution in [0.2, 0.25) is 0 Å². The van der Waals surface area contributed by atoms with Crippen molar-refractivity contribution in [1.82, 2.24) is 20.9 Å². The molecule has 164 valence electrons. The lowest BCUT2D eigenvalue weighted by Crippen LogP contribution is -2.44. The number of thiophene rings is 1. The van der Waals surface area contributed by atoms with Crippen LogP contribution in [0.25, 0.3) is 0 Å². The van der Waals surface area contributed by atoms with E-state index in [4.69, 9.17) is 0 Å². The maximum Gasteiger partial charge on any atom is 0.251 e. The van der Waals surface area contributed by atoms with E-state index in [1.165, 1.54) is 17.7 Å². The van der Waals surface area contributed by atoms with Crippen LogP contribution >= 0.6 is 35.3 Å². The number of rotatable bonds is 6. The van der Waals surface area contributed by atoms with Crippen molar-refractivity contribution < 1.29 is 4.79 Å². The third kappa shape index (κ3) is 6.42. The molecule has 6 nitrogen and oxygen atoms in total. The van der Waals surface area contributed by atoms with Gasteiger partial charge in [-0.15, -0.1) is 35.3 Å². The van der Waals surface area contributed by atoms with Gasteiger partial charge in [-0.25, -0.2) is 0 Å². The molecule has 1 saturated heterocycles. The third-order valence-corrected chi connectivity index (χ3v) is 6.44. The van der Waals surface area contributed by atoms with Gasteiger partial charge < -0.3 is 16.0 Å². The van der Waals surface area contributed by atoms with Crippen molar-refractivity contribution in [2.45, 2.75) is 25.4 Å². The van der Waals surface area contributed by atoms with E-state index in [2.05, 4.69) is 50.4 Å². The van der Waals surface area contributed by atoms with Crippen molar-refractivity contribution in [3.8, 4) is 0 Å². The number of halogens is 1. The molecule has 1 amide bonds. The van der Waals surface area contributed by atoms with Gasteiger partial charge in [0.1, 0.15) is 0 Å². The Kier molecular flexibility index (Phi) is 10.1. The number of nitrogens with zero attached hydrogens (tertiary/aromatic N) is 2. The lowest BCUT2D eigenvalue weighted by atomic mass is 9.88. The van der Waals surface area contributed by atoms with Crippen LogP contribution in [0.3, 0.4) is 0 Å². The maximum absolute atomic E-state index is 11.6. The highest BCUT2D eigenvalue weighted by Gasteiger charge is 2.31. The predicted octanol–water partition coefficient (Wildman–Crippen LogP) is 3.47. The van der Waals surface area contributed by atoms with E-state index in [0.717, 1.165) is 24.6 Å². The van der Waals surface area contributed by atoms with Crippen molar-refractivity contribution >= 4 is 47.2 Å². The molecular weight excluding hydrogens is 509 g/mol. The zero-order valence-electron chi connectivity index (χ0n) is 17.9. The third-order valence-electron chi connectivity index (χ3n) is 5.50. The number of hydrogen-bond donors (Lipinski definition) is 3. The molecule has 0 radical (unpaired) electrons. The fourth-order valence-corrected chi connectivity index (χ4v) is 4.92. The first kappa shape index (κ1) is 24.6. The van der Waals surface area contributed by atoms with Crippen LogP contribution in [0.15, 0.2) is 46.8 Å². The first-order valence-corrected chi connectivity index (χ1v) is 11.0. The lowest BCUT2D eigenvalue weighted by molar-refractivity contribution is 0.0963. The largest absolute Gasteiger partial charge is 0.356 e. The summed E-state index contributed by atoms with van der Waals surface area (Å²) in [5, 5.41) is 11.7. The highest BCUT2D eigenvalue weighted by Crippen LogP contribution is 2.36. The van der Waals surface area contributed by atoms with Gasteiger partial charge in [-0.3, -0.25) is 14.7 Å². The minimum absolute atomic E-state index is 0. The number of carbonyl (C=O) groups excluding carboxylic acids is 1. The van der Waals surface area contributed by atoms with Crippen molar-refractivity contribution in [2.24, 2.45) is 10.9 Å². The normalized spacial score (nSPS) is 19.6. The number of hydrogen-bond acceptors (Lipinski definition) is 4. The van der Waals surface area contributed by atoms with Crippen LogP contribution in [0.5, 0.6) is 0 Å². The Bertz CT molecular complexity index is 809. The lowest BCUT2D eigenvalue weighted by Gasteiger charge is -2.39. The van der Waals surface area contributed by atoms with Gasteiger partial charge in [0.15, 0.2) is 5.96 Å². The molecule has 0 spiro atoms. The zero-order valence-corrected chi connectivity index (χ0v) is 21.0. The molecule has 2 unspecified atom stereocenters. The molecule has 8 heteroatoms. The SMILES string of the molecule is CN=C(NCc1ccc(C(=O)NC)cc1)NCC1CCCN(C)C1c1cccs1.I. The van der Waals surface area contributed by atoms with Crippen LogP contribution < -0.4 is 16.0 Å². The Morgan fingerprint density at radius 2 is 2.00 bits per heavy atom. The number of likely N-dealkylation sites (tertiary alicyclic amines) is 1. The van der Waals surface area contributed by atoms with Crippen LogP contribution in [0, 0.1) is 5.92 Å². The molecule has 0 aliphatic carbocycles. The standard InChI is InChI=1S/C22H31N5OS.HI/c1-23-21(28)17-10-8-16(9-11-17)14-25-22(24-2)26-15-18-6-4-12-27(3)20(18)19-7-5-13-29-19;/h5,7-11,13,18,20H,4,6,12,14-15H2,1-3H3,(H,23,28)(H2,24,25,26);1H. The number of nitrogens with one attached hydrogen (secondary N) is 3. The Labute approximate surface area is 200 Å². The molecule has 3 rings (SSSR count). The summed E-state index contributed by atoms with van der Waals surface area (Å²) < 4.78 is 0. The Hall–Kier alpha value is -1.65. The topological polar surface area (TPSA) is 68.8 Å². The fraction of sp³-hybridized carbons (Fsp3) is 0.455. The van der Waals surface area contributed by atoms with Crippen molar-refractivity contribution in [3.05, 3.63) is 57.8 Å². The molecule has 2 aromatic rings. The number of piperidine rings is 1. The summed E-state index contributed by atoms with van der Waals surface area (Å²) in [6.45, 7) is 2.70. The van der Waals surface area contributed by atoms with Crippen LogP contribution in [-0.2, 0) is 6.54 Å². The Morgan fingerprint density at radius 1 is 1.23 bits per heavy atom. The van der Waals surface area contributed by atoms with Crippen LogP contribution in [0.1, 0.15) is 39.7 Å². The van der Waals surface area contributed by atoms with E-state index in [9.17, 15) is 4.79 Å². The molecule has 2 atom stereocenters. The average molecular weight is 542 g/mol.